The first-order valence-electron chi connectivity index (χ1n) is 13.0. The van der Waals surface area contributed by atoms with E-state index in [2.05, 4.69) is 17.4 Å². The number of carbonyl (C=O) groups is 2. The quantitative estimate of drug-likeness (QED) is 0.250. The van der Waals surface area contributed by atoms with Crippen molar-refractivity contribution in [3.63, 3.8) is 0 Å². The van der Waals surface area contributed by atoms with Crippen LogP contribution < -0.4 is 10.2 Å². The Hall–Kier alpha value is -3.97. The van der Waals surface area contributed by atoms with Crippen LogP contribution >= 0.6 is 11.3 Å². The first-order valence-corrected chi connectivity index (χ1v) is 13.8. The van der Waals surface area contributed by atoms with Crippen molar-refractivity contribution in [2.45, 2.75) is 44.6 Å². The molecule has 2 N–H and O–H groups in total. The van der Waals surface area contributed by atoms with Crippen LogP contribution in [0.2, 0.25) is 0 Å². The maximum atomic E-state index is 12.8. The summed E-state index contributed by atoms with van der Waals surface area (Å²) in [5.41, 5.74) is 5.86. The number of amides is 1. The zero-order valence-electron chi connectivity index (χ0n) is 21.4. The van der Waals surface area contributed by atoms with Gasteiger partial charge in [-0.1, -0.05) is 55.7 Å². The molecular formula is C31H31N3O3S. The number of hydrogen-bond acceptors (Lipinski definition) is 5. The fraction of sp³-hybridized carbons (Fsp3) is 0.258. The molecule has 1 saturated carbocycles. The summed E-state index contributed by atoms with van der Waals surface area (Å²) >= 11 is 1.54. The largest absolute Gasteiger partial charge is 0.478 e. The first kappa shape index (κ1) is 25.7. The second kappa shape index (κ2) is 11.6. The highest BCUT2D eigenvalue weighted by Crippen LogP contribution is 2.33. The van der Waals surface area contributed by atoms with Gasteiger partial charge in [0.1, 0.15) is 0 Å². The van der Waals surface area contributed by atoms with Crippen molar-refractivity contribution in [3.8, 4) is 11.3 Å². The van der Waals surface area contributed by atoms with Gasteiger partial charge in [0, 0.05) is 35.8 Å². The van der Waals surface area contributed by atoms with Crippen LogP contribution in [-0.4, -0.2) is 29.0 Å². The molecule has 0 atom stereocenters. The van der Waals surface area contributed by atoms with E-state index in [1.165, 1.54) is 37.7 Å². The lowest BCUT2D eigenvalue weighted by atomic mass is 9.84. The van der Waals surface area contributed by atoms with Crippen LogP contribution in [0.4, 0.5) is 10.8 Å². The third-order valence-corrected chi connectivity index (χ3v) is 8.08. The highest BCUT2D eigenvalue weighted by molar-refractivity contribution is 7.14. The number of rotatable bonds is 8. The van der Waals surface area contributed by atoms with E-state index in [-0.39, 0.29) is 11.5 Å². The predicted octanol–water partition coefficient (Wildman–Crippen LogP) is 7.44. The van der Waals surface area contributed by atoms with Gasteiger partial charge in [0.25, 0.3) is 5.91 Å². The van der Waals surface area contributed by atoms with E-state index in [9.17, 15) is 9.59 Å². The summed E-state index contributed by atoms with van der Waals surface area (Å²) < 4.78 is 0. The summed E-state index contributed by atoms with van der Waals surface area (Å²) in [6.07, 6.45) is 6.48. The monoisotopic (exact) mass is 525 g/mol. The Morgan fingerprint density at radius 1 is 0.921 bits per heavy atom. The molecule has 1 aliphatic rings. The minimum Gasteiger partial charge on any atom is -0.478 e. The summed E-state index contributed by atoms with van der Waals surface area (Å²) in [6, 6.07) is 22.7. The number of thiazole rings is 1. The van der Waals surface area contributed by atoms with Crippen molar-refractivity contribution in [1.29, 1.82) is 0 Å². The Bertz CT molecular complexity index is 1390. The molecule has 5 rings (SSSR count). The number of carboxylic acid groups (broad SMARTS) is 1. The zero-order valence-corrected chi connectivity index (χ0v) is 22.2. The van der Waals surface area contributed by atoms with E-state index >= 15 is 0 Å². The van der Waals surface area contributed by atoms with Crippen molar-refractivity contribution >= 4 is 34.0 Å². The smallest absolute Gasteiger partial charge is 0.335 e. The number of anilines is 2. The van der Waals surface area contributed by atoms with Gasteiger partial charge in [0.15, 0.2) is 5.13 Å². The van der Waals surface area contributed by atoms with Crippen LogP contribution in [0.3, 0.4) is 0 Å². The Balaban J connectivity index is 1.18. The Morgan fingerprint density at radius 2 is 1.58 bits per heavy atom. The molecule has 1 fully saturated rings. The third kappa shape index (κ3) is 6.11. The summed E-state index contributed by atoms with van der Waals surface area (Å²) in [7, 11) is 1.96. The summed E-state index contributed by atoms with van der Waals surface area (Å²) in [4.78, 5) is 30.7. The van der Waals surface area contributed by atoms with Crippen LogP contribution in [0.5, 0.6) is 0 Å². The summed E-state index contributed by atoms with van der Waals surface area (Å²) in [6.45, 7) is 0.619. The number of carbonyl (C=O) groups excluding carboxylic acids is 1. The molecule has 4 aromatic rings. The van der Waals surface area contributed by atoms with Crippen molar-refractivity contribution in [2.24, 2.45) is 0 Å². The molecule has 1 aliphatic carbocycles. The molecular weight excluding hydrogens is 494 g/mol. The molecule has 6 nitrogen and oxygen atoms in total. The number of benzene rings is 3. The molecule has 0 radical (unpaired) electrons. The maximum Gasteiger partial charge on any atom is 0.335 e. The van der Waals surface area contributed by atoms with Gasteiger partial charge < -0.3 is 15.3 Å². The second-order valence-electron chi connectivity index (χ2n) is 9.86. The molecule has 1 heterocycles. The van der Waals surface area contributed by atoms with Crippen LogP contribution in [0, 0.1) is 0 Å². The van der Waals surface area contributed by atoms with E-state index < -0.39 is 5.97 Å². The Labute approximate surface area is 227 Å². The highest BCUT2D eigenvalue weighted by Gasteiger charge is 2.16. The number of carboxylic acids is 1. The fourth-order valence-electron chi connectivity index (χ4n) is 4.94. The van der Waals surface area contributed by atoms with Gasteiger partial charge >= 0.3 is 5.97 Å². The molecule has 1 aromatic heterocycles. The Kier molecular flexibility index (Phi) is 7.84. The van der Waals surface area contributed by atoms with Crippen LogP contribution in [0.25, 0.3) is 11.3 Å². The van der Waals surface area contributed by atoms with Crippen molar-refractivity contribution in [3.05, 3.63) is 100 Å². The SMILES string of the molecule is CN(Cc1ccc(C(=O)O)cc1)c1nc(-c2ccc(C(=O)Nc3ccc(C4CCCCC4)cc3)cc2)cs1. The van der Waals surface area contributed by atoms with Crippen LogP contribution in [0.15, 0.2) is 78.2 Å². The molecule has 3 aromatic carbocycles. The Morgan fingerprint density at radius 3 is 2.24 bits per heavy atom. The molecule has 0 bridgehead atoms. The van der Waals surface area contributed by atoms with Crippen LogP contribution in [-0.2, 0) is 6.54 Å². The average Bonchev–Trinajstić information content (AvgIpc) is 3.45. The first-order chi connectivity index (χ1) is 18.5. The molecule has 38 heavy (non-hydrogen) atoms. The molecule has 7 heteroatoms. The molecule has 194 valence electrons. The van der Waals surface area contributed by atoms with Crippen molar-refractivity contribution in [2.75, 3.05) is 17.3 Å². The number of aromatic nitrogens is 1. The van der Waals surface area contributed by atoms with Gasteiger partial charge in [-0.25, -0.2) is 9.78 Å². The van der Waals surface area contributed by atoms with E-state index in [1.54, 1.807) is 23.5 Å². The summed E-state index contributed by atoms with van der Waals surface area (Å²) in [5, 5.41) is 14.9. The minimum atomic E-state index is -0.929. The van der Waals surface area contributed by atoms with Crippen molar-refractivity contribution in [1.82, 2.24) is 4.98 Å². The second-order valence-corrected chi connectivity index (χ2v) is 10.7. The lowest BCUT2D eigenvalue weighted by Crippen LogP contribution is -2.16. The fourth-order valence-corrected chi connectivity index (χ4v) is 5.74. The van der Waals surface area contributed by atoms with Gasteiger partial charge in [0.05, 0.1) is 11.3 Å². The molecule has 0 aliphatic heterocycles. The van der Waals surface area contributed by atoms with Crippen LogP contribution in [0.1, 0.15) is 69.9 Å². The van der Waals surface area contributed by atoms with E-state index in [4.69, 9.17) is 10.1 Å². The third-order valence-electron chi connectivity index (χ3n) is 7.13. The normalized spacial score (nSPS) is 13.7. The zero-order chi connectivity index (χ0) is 26.5. The van der Waals surface area contributed by atoms with Gasteiger partial charge in [-0.05, 0) is 66.3 Å². The number of nitrogens with one attached hydrogen (secondary N) is 1. The molecule has 0 unspecified atom stereocenters. The van der Waals surface area contributed by atoms with E-state index in [0.717, 1.165) is 27.6 Å². The van der Waals surface area contributed by atoms with Crippen molar-refractivity contribution < 1.29 is 14.7 Å². The minimum absolute atomic E-state index is 0.130. The van der Waals surface area contributed by atoms with Gasteiger partial charge in [-0.2, -0.15) is 0 Å². The summed E-state index contributed by atoms with van der Waals surface area (Å²) in [5.74, 6) is -0.409. The van der Waals surface area contributed by atoms with E-state index in [1.807, 2.05) is 65.9 Å². The molecule has 1 amide bonds. The number of hydrogen-bond donors (Lipinski definition) is 2. The van der Waals surface area contributed by atoms with E-state index in [0.29, 0.717) is 18.0 Å². The standard InChI is InChI=1S/C31H31N3O3S/c1-34(19-21-7-9-26(10-8-21)30(36)37)31-33-28(20-38-31)24-11-13-25(14-12-24)29(35)32-27-17-15-23(16-18-27)22-5-3-2-4-6-22/h7-18,20,22H,2-6,19H2,1H3,(H,32,35)(H,36,37). The van der Waals surface area contributed by atoms with Gasteiger partial charge in [0.2, 0.25) is 0 Å². The van der Waals surface area contributed by atoms with Gasteiger partial charge in [-0.3, -0.25) is 4.79 Å². The lowest BCUT2D eigenvalue weighted by molar-refractivity contribution is 0.0696. The lowest BCUT2D eigenvalue weighted by Gasteiger charge is -2.22. The maximum absolute atomic E-state index is 12.8. The molecule has 0 spiro atoms. The average molecular weight is 526 g/mol. The van der Waals surface area contributed by atoms with Gasteiger partial charge in [-0.15, -0.1) is 11.3 Å². The number of nitrogens with zero attached hydrogens (tertiary/aromatic N) is 2. The predicted molar refractivity (Wildman–Crippen MR) is 153 cm³/mol. The topological polar surface area (TPSA) is 82.5 Å². The number of aromatic carboxylic acids is 1. The highest BCUT2D eigenvalue weighted by atomic mass is 32.1. The molecule has 0 saturated heterocycles.